The number of rotatable bonds is 3. The Morgan fingerprint density at radius 3 is 2.45 bits per heavy atom. The quantitative estimate of drug-likeness (QED) is 0.478. The van der Waals surface area contributed by atoms with Gasteiger partial charge in [-0.1, -0.05) is 12.5 Å². The fourth-order valence-corrected chi connectivity index (χ4v) is 2.38. The van der Waals surface area contributed by atoms with Crippen LogP contribution in [0.1, 0.15) is 26.2 Å². The van der Waals surface area contributed by atoms with E-state index in [1.54, 1.807) is 0 Å². The van der Waals surface area contributed by atoms with Crippen LogP contribution in [0.4, 0.5) is 0 Å². The predicted molar refractivity (Wildman–Crippen MR) is 49.9 cm³/mol. The molecule has 1 nitrogen and oxygen atoms in total. The van der Waals surface area contributed by atoms with E-state index < -0.39 is 0 Å². The predicted octanol–water partition coefficient (Wildman–Crippen LogP) is 2.42. The lowest BCUT2D eigenvalue weighted by atomic mass is 9.83. The zero-order valence-corrected chi connectivity index (χ0v) is 7.91. The average molecular weight is 170 g/mol. The maximum Gasteiger partial charge on any atom is 0.145 e. The summed E-state index contributed by atoms with van der Waals surface area (Å²) in [5.74, 6) is 0. The fourth-order valence-electron chi connectivity index (χ4n) is 1.38. The highest BCUT2D eigenvalue weighted by Gasteiger charge is 2.33. The molecular weight excluding hydrogens is 156 g/mol. The van der Waals surface area contributed by atoms with E-state index in [4.69, 9.17) is 0 Å². The molecule has 11 heavy (non-hydrogen) atoms. The van der Waals surface area contributed by atoms with Gasteiger partial charge in [-0.25, -0.2) is 0 Å². The standard InChI is InChI=1S/C9H14OS/c1-8(7-10)6-9(11-2)4-3-5-9/h6-7H,3-5H2,1-2H3/b8-6-. The van der Waals surface area contributed by atoms with Crippen molar-refractivity contribution in [3.8, 4) is 0 Å². The third-order valence-electron chi connectivity index (χ3n) is 2.28. The van der Waals surface area contributed by atoms with Crippen LogP contribution < -0.4 is 0 Å². The Balaban J connectivity index is 2.63. The van der Waals surface area contributed by atoms with Crippen molar-refractivity contribution < 1.29 is 4.79 Å². The lowest BCUT2D eigenvalue weighted by molar-refractivity contribution is -0.104. The van der Waals surface area contributed by atoms with Crippen LogP contribution >= 0.6 is 11.8 Å². The number of hydrogen-bond acceptors (Lipinski definition) is 2. The van der Waals surface area contributed by atoms with Gasteiger partial charge >= 0.3 is 0 Å². The van der Waals surface area contributed by atoms with E-state index in [9.17, 15) is 4.79 Å². The summed E-state index contributed by atoms with van der Waals surface area (Å²) in [5.41, 5.74) is 0.874. The molecule has 1 fully saturated rings. The normalized spacial score (nSPS) is 22.5. The summed E-state index contributed by atoms with van der Waals surface area (Å²) in [6.45, 7) is 1.88. The van der Waals surface area contributed by atoms with E-state index in [0.717, 1.165) is 11.9 Å². The maximum atomic E-state index is 10.4. The molecule has 1 aliphatic rings. The molecule has 0 aliphatic heterocycles. The fraction of sp³-hybridized carbons (Fsp3) is 0.667. The van der Waals surface area contributed by atoms with Crippen molar-refractivity contribution in [1.82, 2.24) is 0 Å². The molecule has 62 valence electrons. The molecule has 1 aliphatic carbocycles. The van der Waals surface area contributed by atoms with Gasteiger partial charge in [0.15, 0.2) is 0 Å². The van der Waals surface area contributed by atoms with Crippen molar-refractivity contribution in [3.05, 3.63) is 11.6 Å². The molecule has 1 saturated carbocycles. The molecule has 0 bridgehead atoms. The first-order valence-electron chi connectivity index (χ1n) is 3.92. The molecule has 0 saturated heterocycles. The molecule has 0 aromatic heterocycles. The summed E-state index contributed by atoms with van der Waals surface area (Å²) in [4.78, 5) is 10.4. The Morgan fingerprint density at radius 2 is 2.18 bits per heavy atom. The largest absolute Gasteiger partial charge is 0.298 e. The third-order valence-corrected chi connectivity index (χ3v) is 3.62. The van der Waals surface area contributed by atoms with Crippen LogP contribution in [0.25, 0.3) is 0 Å². The summed E-state index contributed by atoms with van der Waals surface area (Å²) in [6, 6.07) is 0. The summed E-state index contributed by atoms with van der Waals surface area (Å²) >= 11 is 1.87. The number of thioether (sulfide) groups is 1. The minimum atomic E-state index is 0.311. The highest BCUT2D eigenvalue weighted by atomic mass is 32.2. The average Bonchev–Trinajstić information content (AvgIpc) is 1.96. The van der Waals surface area contributed by atoms with Crippen molar-refractivity contribution in [3.63, 3.8) is 0 Å². The van der Waals surface area contributed by atoms with Crippen LogP contribution in [0.5, 0.6) is 0 Å². The number of carbonyl (C=O) groups excluding carboxylic acids is 1. The molecular formula is C9H14OS. The van der Waals surface area contributed by atoms with E-state index in [1.807, 2.05) is 18.7 Å². The van der Waals surface area contributed by atoms with E-state index in [1.165, 1.54) is 19.3 Å². The van der Waals surface area contributed by atoms with Crippen molar-refractivity contribution in [2.24, 2.45) is 0 Å². The zero-order chi connectivity index (χ0) is 8.32. The Hall–Kier alpha value is -0.240. The van der Waals surface area contributed by atoms with Crippen molar-refractivity contribution in [2.45, 2.75) is 30.9 Å². The summed E-state index contributed by atoms with van der Waals surface area (Å²) in [7, 11) is 0. The van der Waals surface area contributed by atoms with E-state index >= 15 is 0 Å². The monoisotopic (exact) mass is 170 g/mol. The molecule has 2 heteroatoms. The summed E-state index contributed by atoms with van der Waals surface area (Å²) in [5, 5.41) is 0. The smallest absolute Gasteiger partial charge is 0.145 e. The van der Waals surface area contributed by atoms with Gasteiger partial charge in [0.05, 0.1) is 0 Å². The molecule has 0 amide bonds. The molecule has 1 rings (SSSR count). The Morgan fingerprint density at radius 1 is 1.55 bits per heavy atom. The number of allylic oxidation sites excluding steroid dienone is 1. The van der Waals surface area contributed by atoms with Gasteiger partial charge in [-0.15, -0.1) is 0 Å². The minimum absolute atomic E-state index is 0.311. The molecule has 0 aromatic rings. The van der Waals surface area contributed by atoms with Crippen molar-refractivity contribution >= 4 is 18.0 Å². The maximum absolute atomic E-state index is 10.4. The molecule has 0 aromatic carbocycles. The Labute approximate surface area is 72.2 Å². The highest BCUT2D eigenvalue weighted by Crippen LogP contribution is 2.44. The van der Waals surface area contributed by atoms with E-state index in [-0.39, 0.29) is 0 Å². The molecule has 0 spiro atoms. The van der Waals surface area contributed by atoms with Gasteiger partial charge in [-0.2, -0.15) is 11.8 Å². The van der Waals surface area contributed by atoms with Crippen LogP contribution in [0.3, 0.4) is 0 Å². The van der Waals surface area contributed by atoms with Gasteiger partial charge in [0.2, 0.25) is 0 Å². The molecule has 0 N–H and O–H groups in total. The van der Waals surface area contributed by atoms with Crippen LogP contribution in [0.15, 0.2) is 11.6 Å². The number of aldehydes is 1. The van der Waals surface area contributed by atoms with Gasteiger partial charge in [-0.05, 0) is 31.6 Å². The first-order valence-corrected chi connectivity index (χ1v) is 5.15. The molecule has 0 atom stereocenters. The van der Waals surface area contributed by atoms with Crippen LogP contribution in [0.2, 0.25) is 0 Å². The Bertz CT molecular complexity index is 174. The van der Waals surface area contributed by atoms with Crippen LogP contribution in [-0.2, 0) is 4.79 Å². The topological polar surface area (TPSA) is 17.1 Å². The summed E-state index contributed by atoms with van der Waals surface area (Å²) in [6.07, 6.45) is 8.96. The first-order chi connectivity index (χ1) is 5.22. The second-order valence-corrected chi connectivity index (χ2v) is 4.35. The van der Waals surface area contributed by atoms with Crippen molar-refractivity contribution in [2.75, 3.05) is 6.26 Å². The van der Waals surface area contributed by atoms with Gasteiger partial charge in [0.25, 0.3) is 0 Å². The van der Waals surface area contributed by atoms with Crippen LogP contribution in [0, 0.1) is 0 Å². The molecule has 0 unspecified atom stereocenters. The van der Waals surface area contributed by atoms with Gasteiger partial charge in [0, 0.05) is 4.75 Å². The molecule has 0 heterocycles. The van der Waals surface area contributed by atoms with Crippen LogP contribution in [-0.4, -0.2) is 17.3 Å². The zero-order valence-electron chi connectivity index (χ0n) is 7.09. The van der Waals surface area contributed by atoms with Gasteiger partial charge < -0.3 is 0 Å². The lowest BCUT2D eigenvalue weighted by Crippen LogP contribution is -2.30. The lowest BCUT2D eigenvalue weighted by Gasteiger charge is -2.38. The highest BCUT2D eigenvalue weighted by molar-refractivity contribution is 8.00. The van der Waals surface area contributed by atoms with Crippen molar-refractivity contribution in [1.29, 1.82) is 0 Å². The van der Waals surface area contributed by atoms with Gasteiger partial charge in [-0.3, -0.25) is 4.79 Å². The van der Waals surface area contributed by atoms with Gasteiger partial charge in [0.1, 0.15) is 6.29 Å². The molecule has 0 radical (unpaired) electrons. The summed E-state index contributed by atoms with van der Waals surface area (Å²) < 4.78 is 0.311. The van der Waals surface area contributed by atoms with E-state index in [0.29, 0.717) is 4.75 Å². The first kappa shape index (κ1) is 8.85. The third kappa shape index (κ3) is 1.86. The SMILES string of the molecule is CSC1(/C=C(/C)C=O)CCC1. The van der Waals surface area contributed by atoms with E-state index in [2.05, 4.69) is 12.3 Å². The minimum Gasteiger partial charge on any atom is -0.298 e. The Kier molecular flexibility index (Phi) is 2.77. The number of hydrogen-bond donors (Lipinski definition) is 0. The second kappa shape index (κ2) is 3.44. The second-order valence-electron chi connectivity index (χ2n) is 3.13. The number of carbonyl (C=O) groups is 1.